The van der Waals surface area contributed by atoms with Crippen LogP contribution in [0.15, 0.2) is 53.7 Å². The van der Waals surface area contributed by atoms with Crippen LogP contribution in [0.1, 0.15) is 60.4 Å². The SMILES string of the molecule is [2H]C([2H])(O)C1(C([2H])([2H])ON2C(=O)c3c(ccc(-c4ccc(Cl)cc4)c3F)[C@]2(CC(O)CC)CC2(C#N)N=CC=CN2)CC1. The maximum absolute atomic E-state index is 16.5. The lowest BCUT2D eigenvalue weighted by molar-refractivity contribution is -0.208. The Bertz CT molecular complexity index is 1540. The van der Waals surface area contributed by atoms with Gasteiger partial charge in [0.1, 0.15) is 17.4 Å². The number of benzene rings is 2. The Kier molecular flexibility index (Phi) is 5.98. The molecule has 0 saturated heterocycles. The van der Waals surface area contributed by atoms with E-state index in [1.54, 1.807) is 37.3 Å². The Morgan fingerprint density at radius 2 is 2.08 bits per heavy atom. The normalized spacial score (nSPS) is 27.5. The maximum Gasteiger partial charge on any atom is 0.281 e. The second-order valence-corrected chi connectivity index (χ2v) is 10.5. The van der Waals surface area contributed by atoms with Gasteiger partial charge < -0.3 is 15.5 Å². The van der Waals surface area contributed by atoms with Gasteiger partial charge in [0.2, 0.25) is 5.66 Å². The van der Waals surface area contributed by atoms with Crippen molar-refractivity contribution < 1.29 is 29.7 Å². The summed E-state index contributed by atoms with van der Waals surface area (Å²) in [6.07, 6.45) is 2.57. The molecule has 0 aromatic heterocycles. The van der Waals surface area contributed by atoms with Gasteiger partial charge >= 0.3 is 0 Å². The van der Waals surface area contributed by atoms with E-state index in [4.69, 9.17) is 21.9 Å². The molecule has 39 heavy (non-hydrogen) atoms. The molecule has 2 unspecified atom stereocenters. The summed E-state index contributed by atoms with van der Waals surface area (Å²) in [5.41, 5.74) is -5.57. The molecule has 10 heteroatoms. The Hall–Kier alpha value is -3.29. The van der Waals surface area contributed by atoms with Gasteiger partial charge in [0.05, 0.1) is 30.3 Å². The zero-order valence-corrected chi connectivity index (χ0v) is 21.9. The third kappa shape index (κ3) is 4.83. The van der Waals surface area contributed by atoms with E-state index in [0.29, 0.717) is 15.6 Å². The monoisotopic (exact) mass is 556 g/mol. The molecule has 1 saturated carbocycles. The Morgan fingerprint density at radius 3 is 2.67 bits per heavy atom. The lowest BCUT2D eigenvalue weighted by Crippen LogP contribution is -2.54. The van der Waals surface area contributed by atoms with Crippen LogP contribution in [0.5, 0.6) is 0 Å². The zero-order chi connectivity index (χ0) is 31.4. The molecule has 2 aliphatic heterocycles. The van der Waals surface area contributed by atoms with Crippen LogP contribution in [-0.4, -0.2) is 52.3 Å². The predicted octanol–water partition coefficient (Wildman–Crippen LogP) is 4.46. The number of hydrogen-bond donors (Lipinski definition) is 3. The summed E-state index contributed by atoms with van der Waals surface area (Å²) in [4.78, 5) is 24.3. The van der Waals surface area contributed by atoms with Gasteiger partial charge in [-0.15, -0.1) is 0 Å². The standard InChI is InChI=1S/C29H30ClFN4O4/c1-2-21(37)14-28(15-29(16-32)33-12-3-13-34-29)23-9-8-22(19-4-6-20(30)7-5-19)25(31)24(23)26(38)35(28)39-18-27(17-36)10-11-27/h3-9,12-13,21,33,36-37H,2,10-11,14-15,17-18H2,1H3/t21?,28-,29?/m0/s1/i17D2,18D2. The molecule has 2 aromatic carbocycles. The molecule has 3 aliphatic rings. The minimum absolute atomic E-state index is 0.0362. The summed E-state index contributed by atoms with van der Waals surface area (Å²) in [7, 11) is 0. The van der Waals surface area contributed by atoms with Gasteiger partial charge in [0.25, 0.3) is 5.91 Å². The topological polar surface area (TPSA) is 118 Å². The highest BCUT2D eigenvalue weighted by atomic mass is 35.5. The first-order valence-corrected chi connectivity index (χ1v) is 13.0. The van der Waals surface area contributed by atoms with Crippen LogP contribution >= 0.6 is 11.6 Å². The lowest BCUT2D eigenvalue weighted by Gasteiger charge is -2.43. The van der Waals surface area contributed by atoms with Crippen molar-refractivity contribution in [2.75, 3.05) is 13.1 Å². The van der Waals surface area contributed by atoms with Gasteiger partial charge in [-0.3, -0.25) is 14.6 Å². The van der Waals surface area contributed by atoms with Crippen LogP contribution in [-0.2, 0) is 10.4 Å². The molecular weight excluding hydrogens is 523 g/mol. The van der Waals surface area contributed by atoms with E-state index in [-0.39, 0.29) is 36.8 Å². The molecule has 1 aliphatic carbocycles. The van der Waals surface area contributed by atoms with Crippen LogP contribution in [0.4, 0.5) is 4.39 Å². The molecule has 204 valence electrons. The summed E-state index contributed by atoms with van der Waals surface area (Å²) in [5, 5.41) is 35.4. The number of carbonyl (C=O) groups is 1. The van der Waals surface area contributed by atoms with E-state index in [9.17, 15) is 20.3 Å². The Morgan fingerprint density at radius 1 is 1.33 bits per heavy atom. The fourth-order valence-corrected chi connectivity index (χ4v) is 5.20. The van der Waals surface area contributed by atoms with Crippen LogP contribution in [0, 0.1) is 22.6 Å². The van der Waals surface area contributed by atoms with E-state index < -0.39 is 59.5 Å². The summed E-state index contributed by atoms with van der Waals surface area (Å²) in [6, 6.07) is 11.3. The van der Waals surface area contributed by atoms with E-state index in [1.807, 2.05) is 0 Å². The molecule has 2 heterocycles. The van der Waals surface area contributed by atoms with Gasteiger partial charge in [-0.1, -0.05) is 42.8 Å². The molecule has 3 atom stereocenters. The Balaban J connectivity index is 1.73. The molecule has 0 bridgehead atoms. The Labute approximate surface area is 236 Å². The maximum atomic E-state index is 16.5. The summed E-state index contributed by atoms with van der Waals surface area (Å²) in [6.45, 7) is -4.30. The number of halogens is 2. The molecule has 3 N–H and O–H groups in total. The predicted molar refractivity (Wildman–Crippen MR) is 144 cm³/mol. The number of aliphatic hydroxyl groups excluding tert-OH is 1. The van der Waals surface area contributed by atoms with Crippen molar-refractivity contribution in [2.45, 2.75) is 56.3 Å². The third-order valence-corrected chi connectivity index (χ3v) is 7.71. The summed E-state index contributed by atoms with van der Waals surface area (Å²) >= 11 is 6.01. The largest absolute Gasteiger partial charge is 0.396 e. The van der Waals surface area contributed by atoms with Crippen molar-refractivity contribution >= 4 is 23.7 Å². The van der Waals surface area contributed by atoms with Gasteiger partial charge in [0.15, 0.2) is 0 Å². The van der Waals surface area contributed by atoms with Crippen molar-refractivity contribution in [3.05, 3.63) is 70.6 Å². The van der Waals surface area contributed by atoms with Crippen molar-refractivity contribution in [1.82, 2.24) is 10.4 Å². The first-order valence-electron chi connectivity index (χ1n) is 14.6. The fraction of sp³-hybridized carbons (Fsp3) is 0.414. The number of hydrogen-bond acceptors (Lipinski definition) is 7. The first-order chi connectivity index (χ1) is 20.2. The number of carbonyl (C=O) groups excluding carboxylic acids is 1. The van der Waals surface area contributed by atoms with Crippen LogP contribution in [0.2, 0.25) is 5.02 Å². The van der Waals surface area contributed by atoms with Gasteiger partial charge in [0, 0.05) is 41.3 Å². The molecule has 0 radical (unpaired) electrons. The third-order valence-electron chi connectivity index (χ3n) is 7.46. The molecule has 8 nitrogen and oxygen atoms in total. The average molecular weight is 557 g/mol. The zero-order valence-electron chi connectivity index (χ0n) is 25.1. The van der Waals surface area contributed by atoms with E-state index in [1.165, 1.54) is 24.5 Å². The summed E-state index contributed by atoms with van der Waals surface area (Å²) in [5.74, 6) is -2.02. The van der Waals surface area contributed by atoms with E-state index in [0.717, 1.165) is 0 Å². The molecule has 0 spiro atoms. The number of fused-ring (bicyclic) bond motifs is 1. The van der Waals surface area contributed by atoms with Gasteiger partial charge in [-0.05, 0) is 48.6 Å². The molecule has 2 aromatic rings. The van der Waals surface area contributed by atoms with Crippen LogP contribution < -0.4 is 5.32 Å². The summed E-state index contributed by atoms with van der Waals surface area (Å²) < 4.78 is 49.7. The number of rotatable bonds is 10. The number of nitrogens with zero attached hydrogens (tertiary/aromatic N) is 3. The minimum atomic E-state index is -3.02. The fourth-order valence-electron chi connectivity index (χ4n) is 5.08. The van der Waals surface area contributed by atoms with Crippen molar-refractivity contribution in [3.8, 4) is 17.2 Å². The van der Waals surface area contributed by atoms with Gasteiger partial charge in [-0.25, -0.2) is 9.45 Å². The molecule has 1 amide bonds. The first kappa shape index (κ1) is 22.5. The number of nitriles is 1. The van der Waals surface area contributed by atoms with Crippen LogP contribution in [0.25, 0.3) is 11.1 Å². The molecule has 1 fully saturated rings. The highest BCUT2D eigenvalue weighted by molar-refractivity contribution is 6.30. The second kappa shape index (κ2) is 10.4. The number of aliphatic imine (C=N–C) groups is 1. The molecule has 5 rings (SSSR count). The van der Waals surface area contributed by atoms with Crippen molar-refractivity contribution in [2.24, 2.45) is 10.4 Å². The molecular formula is C29H30ClFN4O4. The minimum Gasteiger partial charge on any atom is -0.396 e. The number of hydroxylamine groups is 2. The number of amides is 1. The highest BCUT2D eigenvalue weighted by Gasteiger charge is 2.58. The van der Waals surface area contributed by atoms with E-state index >= 15 is 4.39 Å². The average Bonchev–Trinajstić information content (AvgIpc) is 3.77. The quantitative estimate of drug-likeness (QED) is 0.398. The highest BCUT2D eigenvalue weighted by Crippen LogP contribution is 2.52. The van der Waals surface area contributed by atoms with Gasteiger partial charge in [-0.2, -0.15) is 5.26 Å². The van der Waals surface area contributed by atoms with Crippen LogP contribution in [0.3, 0.4) is 0 Å². The second-order valence-electron chi connectivity index (χ2n) is 10.1. The smallest absolute Gasteiger partial charge is 0.281 e. The van der Waals surface area contributed by atoms with Crippen molar-refractivity contribution in [3.63, 3.8) is 0 Å². The van der Waals surface area contributed by atoms with E-state index in [2.05, 4.69) is 16.4 Å². The number of nitrogens with one attached hydrogen (secondary N) is 1. The number of allylic oxidation sites excluding steroid dienone is 1. The van der Waals surface area contributed by atoms with Crippen molar-refractivity contribution in [1.29, 1.82) is 5.26 Å². The number of aliphatic hydroxyl groups is 2. The lowest BCUT2D eigenvalue weighted by atomic mass is 9.77.